The zero-order chi connectivity index (χ0) is 13.9. The molecule has 0 aromatic heterocycles. The van der Waals surface area contributed by atoms with Gasteiger partial charge in [-0.05, 0) is 35.2 Å². The van der Waals surface area contributed by atoms with Crippen LogP contribution in [-0.4, -0.2) is 18.3 Å². The number of rotatable bonds is 4. The summed E-state index contributed by atoms with van der Waals surface area (Å²) in [6.07, 6.45) is 0.386. The van der Waals surface area contributed by atoms with Gasteiger partial charge in [-0.15, -0.1) is 0 Å². The summed E-state index contributed by atoms with van der Waals surface area (Å²) in [6.45, 7) is 0.772. The maximum absolute atomic E-state index is 10.4. The molecule has 2 aromatic carbocycles. The molecule has 2 N–H and O–H groups in total. The fourth-order valence-electron chi connectivity index (χ4n) is 2.76. The molecule has 20 heavy (non-hydrogen) atoms. The topological polar surface area (TPSA) is 41.5 Å². The van der Waals surface area contributed by atoms with Crippen LogP contribution < -0.4 is 10.1 Å². The molecule has 0 heterocycles. The molecular weight excluding hydrogens is 250 g/mol. The monoisotopic (exact) mass is 269 g/mol. The molecule has 0 aliphatic heterocycles. The van der Waals surface area contributed by atoms with E-state index in [1.807, 2.05) is 36.4 Å². The van der Waals surface area contributed by atoms with Crippen LogP contribution in [0.3, 0.4) is 0 Å². The Bertz CT molecular complexity index is 583. The van der Waals surface area contributed by atoms with E-state index in [4.69, 9.17) is 4.74 Å². The minimum absolute atomic E-state index is 0.0670. The van der Waals surface area contributed by atoms with Gasteiger partial charge in [-0.2, -0.15) is 0 Å². The average molecular weight is 269 g/mol. The molecule has 0 spiro atoms. The van der Waals surface area contributed by atoms with Crippen molar-refractivity contribution >= 4 is 0 Å². The molecule has 104 valence electrons. The predicted octanol–water partition coefficient (Wildman–Crippen LogP) is 2.44. The summed E-state index contributed by atoms with van der Waals surface area (Å²) in [6, 6.07) is 16.2. The smallest absolute Gasteiger partial charge is 0.119 e. The minimum Gasteiger partial charge on any atom is -0.497 e. The Morgan fingerprint density at radius 3 is 2.75 bits per heavy atom. The molecule has 1 aliphatic carbocycles. The van der Waals surface area contributed by atoms with Gasteiger partial charge in [0.05, 0.1) is 13.2 Å². The zero-order valence-electron chi connectivity index (χ0n) is 11.5. The van der Waals surface area contributed by atoms with E-state index < -0.39 is 6.10 Å². The molecule has 3 heteroatoms. The Morgan fingerprint density at radius 1 is 1.20 bits per heavy atom. The molecule has 1 aliphatic rings. The van der Waals surface area contributed by atoms with E-state index in [-0.39, 0.29) is 6.04 Å². The van der Waals surface area contributed by atoms with Crippen molar-refractivity contribution < 1.29 is 9.84 Å². The molecule has 0 fully saturated rings. The van der Waals surface area contributed by atoms with Crippen molar-refractivity contribution in [2.45, 2.75) is 25.1 Å². The highest BCUT2D eigenvalue weighted by atomic mass is 16.5. The second-order valence-electron chi connectivity index (χ2n) is 5.19. The number of benzene rings is 2. The van der Waals surface area contributed by atoms with Crippen molar-refractivity contribution in [2.24, 2.45) is 0 Å². The molecule has 0 amide bonds. The molecule has 0 saturated heterocycles. The van der Waals surface area contributed by atoms with Crippen molar-refractivity contribution in [3.05, 3.63) is 65.2 Å². The van der Waals surface area contributed by atoms with Crippen LogP contribution >= 0.6 is 0 Å². The molecule has 2 atom stereocenters. The van der Waals surface area contributed by atoms with Gasteiger partial charge in [-0.3, -0.25) is 0 Å². The molecule has 0 saturated carbocycles. The van der Waals surface area contributed by atoms with Crippen LogP contribution in [0.15, 0.2) is 48.5 Å². The van der Waals surface area contributed by atoms with Crippen LogP contribution in [0.1, 0.15) is 22.8 Å². The van der Waals surface area contributed by atoms with E-state index in [2.05, 4.69) is 17.4 Å². The van der Waals surface area contributed by atoms with Gasteiger partial charge < -0.3 is 15.2 Å². The third-order valence-corrected chi connectivity index (χ3v) is 3.90. The highest BCUT2D eigenvalue weighted by Crippen LogP contribution is 2.34. The van der Waals surface area contributed by atoms with Gasteiger partial charge in [0.1, 0.15) is 5.75 Å². The number of aliphatic hydroxyl groups excluding tert-OH is 1. The molecule has 3 rings (SSSR count). The maximum Gasteiger partial charge on any atom is 0.119 e. The van der Waals surface area contributed by atoms with Crippen LogP contribution in [0.25, 0.3) is 0 Å². The standard InChI is InChI=1S/C17H19NO2/c1-20-14-8-7-13-9-16(17(19)15(13)10-14)18-11-12-5-3-2-4-6-12/h2-8,10,16-19H,9,11H2,1H3/t16-,17+/m0/s1. The zero-order valence-corrected chi connectivity index (χ0v) is 11.5. The van der Waals surface area contributed by atoms with Crippen LogP contribution in [0, 0.1) is 0 Å². The first-order valence-electron chi connectivity index (χ1n) is 6.90. The van der Waals surface area contributed by atoms with Crippen molar-refractivity contribution in [1.29, 1.82) is 0 Å². The molecule has 0 radical (unpaired) electrons. The van der Waals surface area contributed by atoms with Gasteiger partial charge in [0.2, 0.25) is 0 Å². The fraction of sp³-hybridized carbons (Fsp3) is 0.294. The lowest BCUT2D eigenvalue weighted by molar-refractivity contribution is 0.141. The second kappa shape index (κ2) is 5.65. The second-order valence-corrected chi connectivity index (χ2v) is 5.19. The summed E-state index contributed by atoms with van der Waals surface area (Å²) in [4.78, 5) is 0. The molecule has 3 nitrogen and oxygen atoms in total. The van der Waals surface area contributed by atoms with E-state index in [0.29, 0.717) is 0 Å². The third kappa shape index (κ3) is 2.55. The Labute approximate surface area is 119 Å². The lowest BCUT2D eigenvalue weighted by Crippen LogP contribution is -2.32. The summed E-state index contributed by atoms with van der Waals surface area (Å²) < 4.78 is 5.22. The average Bonchev–Trinajstić information content (AvgIpc) is 2.82. The Kier molecular flexibility index (Phi) is 3.72. The number of hydrogen-bond acceptors (Lipinski definition) is 3. The Morgan fingerprint density at radius 2 is 2.00 bits per heavy atom. The number of aliphatic hydroxyl groups is 1. The van der Waals surface area contributed by atoms with E-state index >= 15 is 0 Å². The van der Waals surface area contributed by atoms with E-state index in [1.165, 1.54) is 11.1 Å². The predicted molar refractivity (Wildman–Crippen MR) is 78.7 cm³/mol. The van der Waals surface area contributed by atoms with Gasteiger partial charge in [0.15, 0.2) is 0 Å². The molecular formula is C17H19NO2. The number of methoxy groups -OCH3 is 1. The normalized spacial score (nSPS) is 20.7. The van der Waals surface area contributed by atoms with Gasteiger partial charge in [0, 0.05) is 12.6 Å². The maximum atomic E-state index is 10.4. The quantitative estimate of drug-likeness (QED) is 0.896. The SMILES string of the molecule is COc1ccc2c(c1)[C@@H](O)[C@@H](NCc1ccccc1)C2. The number of fused-ring (bicyclic) bond motifs is 1. The first-order valence-corrected chi connectivity index (χ1v) is 6.90. The summed E-state index contributed by atoms with van der Waals surface area (Å²) in [5, 5.41) is 13.9. The van der Waals surface area contributed by atoms with E-state index in [0.717, 1.165) is 24.3 Å². The molecule has 0 bridgehead atoms. The summed E-state index contributed by atoms with van der Waals surface area (Å²) in [7, 11) is 1.65. The Balaban J connectivity index is 1.69. The van der Waals surface area contributed by atoms with Gasteiger partial charge in [-0.1, -0.05) is 36.4 Å². The number of nitrogens with one attached hydrogen (secondary N) is 1. The minimum atomic E-state index is -0.469. The lowest BCUT2D eigenvalue weighted by atomic mass is 10.1. The van der Waals surface area contributed by atoms with Crippen molar-refractivity contribution in [3.8, 4) is 5.75 Å². The highest BCUT2D eigenvalue weighted by Gasteiger charge is 2.30. The lowest BCUT2D eigenvalue weighted by Gasteiger charge is -2.17. The summed E-state index contributed by atoms with van der Waals surface area (Å²) >= 11 is 0. The molecule has 2 aromatic rings. The summed E-state index contributed by atoms with van der Waals surface area (Å²) in [5.41, 5.74) is 3.41. The van der Waals surface area contributed by atoms with Crippen LogP contribution in [-0.2, 0) is 13.0 Å². The van der Waals surface area contributed by atoms with E-state index in [1.54, 1.807) is 7.11 Å². The Hall–Kier alpha value is -1.84. The number of hydrogen-bond donors (Lipinski definition) is 2. The van der Waals surface area contributed by atoms with Crippen LogP contribution in [0.2, 0.25) is 0 Å². The fourth-order valence-corrected chi connectivity index (χ4v) is 2.76. The summed E-state index contributed by atoms with van der Waals surface area (Å²) in [5.74, 6) is 0.798. The van der Waals surface area contributed by atoms with Crippen LogP contribution in [0.4, 0.5) is 0 Å². The largest absolute Gasteiger partial charge is 0.497 e. The highest BCUT2D eigenvalue weighted by molar-refractivity contribution is 5.41. The van der Waals surface area contributed by atoms with Gasteiger partial charge in [0.25, 0.3) is 0 Å². The van der Waals surface area contributed by atoms with E-state index in [9.17, 15) is 5.11 Å². The number of ether oxygens (including phenoxy) is 1. The van der Waals surface area contributed by atoms with Crippen LogP contribution in [0.5, 0.6) is 5.75 Å². The first kappa shape index (κ1) is 13.2. The van der Waals surface area contributed by atoms with Crippen molar-refractivity contribution in [3.63, 3.8) is 0 Å². The third-order valence-electron chi connectivity index (χ3n) is 3.90. The van der Waals surface area contributed by atoms with Crippen molar-refractivity contribution in [2.75, 3.05) is 7.11 Å². The van der Waals surface area contributed by atoms with Gasteiger partial charge in [-0.25, -0.2) is 0 Å². The first-order chi connectivity index (χ1) is 9.78. The molecule has 0 unspecified atom stereocenters. The van der Waals surface area contributed by atoms with Gasteiger partial charge >= 0.3 is 0 Å². The van der Waals surface area contributed by atoms with Crippen molar-refractivity contribution in [1.82, 2.24) is 5.32 Å².